The van der Waals surface area contributed by atoms with Crippen molar-refractivity contribution in [2.75, 3.05) is 19.8 Å². The SMILES string of the molecule is CCOCCCNC(=O)c1cc2cccc3c2n1C[C@H](CC)O3. The van der Waals surface area contributed by atoms with Gasteiger partial charge >= 0.3 is 0 Å². The van der Waals surface area contributed by atoms with Gasteiger partial charge in [-0.25, -0.2) is 0 Å². The molecule has 0 bridgehead atoms. The van der Waals surface area contributed by atoms with Gasteiger partial charge in [0, 0.05) is 25.1 Å². The van der Waals surface area contributed by atoms with Gasteiger partial charge in [0.05, 0.1) is 12.1 Å². The first kappa shape index (κ1) is 15.9. The molecule has 1 aliphatic rings. The van der Waals surface area contributed by atoms with Crippen molar-refractivity contribution in [1.82, 2.24) is 9.88 Å². The summed E-state index contributed by atoms with van der Waals surface area (Å²) in [4.78, 5) is 12.5. The van der Waals surface area contributed by atoms with E-state index in [1.165, 1.54) is 0 Å². The fourth-order valence-corrected chi connectivity index (χ4v) is 3.01. The van der Waals surface area contributed by atoms with Gasteiger partial charge in [-0.3, -0.25) is 4.79 Å². The summed E-state index contributed by atoms with van der Waals surface area (Å²) in [7, 11) is 0. The lowest BCUT2D eigenvalue weighted by Gasteiger charge is -2.26. The topological polar surface area (TPSA) is 52.5 Å². The quantitative estimate of drug-likeness (QED) is 0.799. The van der Waals surface area contributed by atoms with Gasteiger partial charge in [0.25, 0.3) is 5.91 Å². The van der Waals surface area contributed by atoms with Gasteiger partial charge in [0.15, 0.2) is 0 Å². The van der Waals surface area contributed by atoms with E-state index in [0.29, 0.717) is 25.5 Å². The molecule has 1 N–H and O–H groups in total. The van der Waals surface area contributed by atoms with Crippen molar-refractivity contribution < 1.29 is 14.3 Å². The molecule has 1 aromatic heterocycles. The Balaban J connectivity index is 1.79. The van der Waals surface area contributed by atoms with Crippen molar-refractivity contribution in [2.45, 2.75) is 39.3 Å². The molecule has 3 rings (SSSR count). The summed E-state index contributed by atoms with van der Waals surface area (Å²) in [5.41, 5.74) is 1.74. The van der Waals surface area contributed by atoms with Crippen molar-refractivity contribution in [3.05, 3.63) is 30.0 Å². The predicted octanol–water partition coefficient (Wildman–Crippen LogP) is 2.97. The maximum absolute atomic E-state index is 12.5. The summed E-state index contributed by atoms with van der Waals surface area (Å²) in [5, 5.41) is 4.04. The molecule has 2 heterocycles. The minimum atomic E-state index is -0.0274. The van der Waals surface area contributed by atoms with E-state index in [2.05, 4.69) is 16.8 Å². The van der Waals surface area contributed by atoms with Crippen LogP contribution in [0.25, 0.3) is 10.9 Å². The summed E-state index contributed by atoms with van der Waals surface area (Å²) in [6.07, 6.45) is 1.86. The summed E-state index contributed by atoms with van der Waals surface area (Å²) >= 11 is 0. The van der Waals surface area contributed by atoms with E-state index < -0.39 is 0 Å². The number of nitrogens with one attached hydrogen (secondary N) is 1. The molecule has 23 heavy (non-hydrogen) atoms. The van der Waals surface area contributed by atoms with Crippen LogP contribution in [0, 0.1) is 0 Å². The van der Waals surface area contributed by atoms with Crippen molar-refractivity contribution in [3.63, 3.8) is 0 Å². The van der Waals surface area contributed by atoms with Crippen molar-refractivity contribution in [2.24, 2.45) is 0 Å². The Hall–Kier alpha value is -2.01. The van der Waals surface area contributed by atoms with Crippen LogP contribution in [0.5, 0.6) is 5.75 Å². The minimum Gasteiger partial charge on any atom is -0.486 e. The van der Waals surface area contributed by atoms with Gasteiger partial charge in [-0.1, -0.05) is 19.1 Å². The third-order valence-electron chi connectivity index (χ3n) is 4.21. The molecule has 0 aliphatic carbocycles. The molecule has 0 unspecified atom stereocenters. The Morgan fingerprint density at radius 3 is 3.09 bits per heavy atom. The van der Waals surface area contributed by atoms with E-state index in [4.69, 9.17) is 9.47 Å². The maximum atomic E-state index is 12.5. The highest BCUT2D eigenvalue weighted by Gasteiger charge is 2.25. The monoisotopic (exact) mass is 316 g/mol. The number of hydrogen-bond acceptors (Lipinski definition) is 3. The largest absolute Gasteiger partial charge is 0.486 e. The van der Waals surface area contributed by atoms with E-state index in [-0.39, 0.29) is 12.0 Å². The summed E-state index contributed by atoms with van der Waals surface area (Å²) in [5.74, 6) is 0.844. The molecule has 5 nitrogen and oxygen atoms in total. The van der Waals surface area contributed by atoms with Crippen LogP contribution < -0.4 is 10.1 Å². The molecule has 5 heteroatoms. The van der Waals surface area contributed by atoms with Crippen LogP contribution in [0.4, 0.5) is 0 Å². The Morgan fingerprint density at radius 2 is 2.30 bits per heavy atom. The molecule has 0 radical (unpaired) electrons. The summed E-state index contributed by atoms with van der Waals surface area (Å²) in [6.45, 7) is 6.81. The zero-order chi connectivity index (χ0) is 16.2. The second kappa shape index (κ2) is 7.04. The first-order chi connectivity index (χ1) is 11.2. The van der Waals surface area contributed by atoms with E-state index in [1.807, 2.05) is 31.2 Å². The lowest BCUT2D eigenvalue weighted by Crippen LogP contribution is -2.32. The van der Waals surface area contributed by atoms with E-state index in [1.54, 1.807) is 0 Å². The van der Waals surface area contributed by atoms with Crippen molar-refractivity contribution in [1.29, 1.82) is 0 Å². The second-order valence-electron chi connectivity index (χ2n) is 5.79. The molecular formula is C18H24N2O3. The average Bonchev–Trinajstić information content (AvgIpc) is 2.95. The molecule has 2 aromatic rings. The van der Waals surface area contributed by atoms with Crippen LogP contribution in [0.3, 0.4) is 0 Å². The van der Waals surface area contributed by atoms with Crippen LogP contribution >= 0.6 is 0 Å². The van der Waals surface area contributed by atoms with Crippen LogP contribution in [0.1, 0.15) is 37.2 Å². The first-order valence-corrected chi connectivity index (χ1v) is 8.39. The minimum absolute atomic E-state index is 0.0274. The molecule has 0 saturated carbocycles. The summed E-state index contributed by atoms with van der Waals surface area (Å²) < 4.78 is 13.4. The number of nitrogens with zero attached hydrogens (tertiary/aromatic N) is 1. The van der Waals surface area contributed by atoms with Gasteiger partial charge in [0.1, 0.15) is 17.5 Å². The highest BCUT2D eigenvalue weighted by Crippen LogP contribution is 2.34. The number of ether oxygens (including phenoxy) is 2. The molecule has 0 saturated heterocycles. The van der Waals surface area contributed by atoms with Crippen LogP contribution in [-0.2, 0) is 11.3 Å². The molecule has 1 aliphatic heterocycles. The molecule has 1 aromatic carbocycles. The fourth-order valence-electron chi connectivity index (χ4n) is 3.01. The van der Waals surface area contributed by atoms with E-state index >= 15 is 0 Å². The van der Waals surface area contributed by atoms with Gasteiger partial charge < -0.3 is 19.4 Å². The molecule has 1 atom stereocenters. The molecular weight excluding hydrogens is 292 g/mol. The zero-order valence-corrected chi connectivity index (χ0v) is 13.8. The van der Waals surface area contributed by atoms with Crippen molar-refractivity contribution >= 4 is 16.8 Å². The Labute approximate surface area is 136 Å². The highest BCUT2D eigenvalue weighted by molar-refractivity contribution is 6.00. The van der Waals surface area contributed by atoms with E-state index in [0.717, 1.165) is 36.0 Å². The third kappa shape index (κ3) is 3.20. The lowest BCUT2D eigenvalue weighted by atomic mass is 10.2. The van der Waals surface area contributed by atoms with Gasteiger partial charge in [0.2, 0.25) is 0 Å². The van der Waals surface area contributed by atoms with Gasteiger partial charge in [-0.05, 0) is 31.9 Å². The second-order valence-corrected chi connectivity index (χ2v) is 5.79. The number of carbonyl (C=O) groups is 1. The van der Waals surface area contributed by atoms with Crippen LogP contribution in [0.2, 0.25) is 0 Å². The third-order valence-corrected chi connectivity index (χ3v) is 4.21. The number of amides is 1. The number of benzene rings is 1. The smallest absolute Gasteiger partial charge is 0.267 e. The Bertz CT molecular complexity index is 693. The van der Waals surface area contributed by atoms with Crippen LogP contribution in [-0.4, -0.2) is 36.3 Å². The standard InChI is InChI=1S/C18H24N2O3/c1-3-14-12-20-15(18(21)19-9-6-10-22-4-2)11-13-7-5-8-16(23-14)17(13)20/h5,7-8,11,14H,3-4,6,9-10,12H2,1-2H3,(H,19,21)/t14-/m0/s1. The maximum Gasteiger partial charge on any atom is 0.267 e. The van der Waals surface area contributed by atoms with Crippen molar-refractivity contribution in [3.8, 4) is 5.75 Å². The average molecular weight is 316 g/mol. The Morgan fingerprint density at radius 1 is 1.43 bits per heavy atom. The number of hydrogen-bond donors (Lipinski definition) is 1. The number of rotatable bonds is 7. The lowest BCUT2D eigenvalue weighted by molar-refractivity contribution is 0.0929. The predicted molar refractivity (Wildman–Crippen MR) is 90.1 cm³/mol. The molecule has 124 valence electrons. The fraction of sp³-hybridized carbons (Fsp3) is 0.500. The van der Waals surface area contributed by atoms with Gasteiger partial charge in [-0.2, -0.15) is 0 Å². The summed E-state index contributed by atoms with van der Waals surface area (Å²) in [6, 6.07) is 7.93. The van der Waals surface area contributed by atoms with Gasteiger partial charge in [-0.15, -0.1) is 0 Å². The number of aromatic nitrogens is 1. The molecule has 0 fully saturated rings. The van der Waals surface area contributed by atoms with Crippen LogP contribution in [0.15, 0.2) is 24.3 Å². The zero-order valence-electron chi connectivity index (χ0n) is 13.8. The normalized spacial score (nSPS) is 16.3. The highest BCUT2D eigenvalue weighted by atomic mass is 16.5. The Kier molecular flexibility index (Phi) is 4.86. The first-order valence-electron chi connectivity index (χ1n) is 8.39. The number of para-hydroxylation sites is 1. The van der Waals surface area contributed by atoms with E-state index in [9.17, 15) is 4.79 Å². The number of carbonyl (C=O) groups excluding carboxylic acids is 1. The molecule has 1 amide bonds. The molecule has 0 spiro atoms.